The zero-order valence-corrected chi connectivity index (χ0v) is 11.8. The molecule has 0 aliphatic carbocycles. The van der Waals surface area contributed by atoms with E-state index < -0.39 is 5.60 Å². The molecule has 0 bridgehead atoms. The van der Waals surface area contributed by atoms with Crippen molar-refractivity contribution in [2.24, 2.45) is 0 Å². The average molecular weight is 279 g/mol. The molecule has 2 rings (SSSR count). The van der Waals surface area contributed by atoms with Crippen LogP contribution in [0.1, 0.15) is 25.3 Å². The summed E-state index contributed by atoms with van der Waals surface area (Å²) in [5, 5.41) is 11.1. The van der Waals surface area contributed by atoms with Gasteiger partial charge in [-0.2, -0.15) is 0 Å². The lowest BCUT2D eigenvalue weighted by Crippen LogP contribution is -2.26. The van der Waals surface area contributed by atoms with Gasteiger partial charge in [-0.25, -0.2) is 4.98 Å². The van der Waals surface area contributed by atoms with Crippen molar-refractivity contribution in [1.29, 1.82) is 0 Å². The van der Waals surface area contributed by atoms with E-state index in [9.17, 15) is 5.11 Å². The Labute approximate surface area is 118 Å². The lowest BCUT2D eigenvalue weighted by Gasteiger charge is -2.23. The molecule has 19 heavy (non-hydrogen) atoms. The van der Waals surface area contributed by atoms with Crippen LogP contribution in [0.25, 0.3) is 0 Å². The Morgan fingerprint density at radius 2 is 2.00 bits per heavy atom. The van der Waals surface area contributed by atoms with Gasteiger partial charge >= 0.3 is 0 Å². The monoisotopic (exact) mass is 278 g/mol. The highest BCUT2D eigenvalue weighted by Gasteiger charge is 2.19. The van der Waals surface area contributed by atoms with Crippen molar-refractivity contribution in [3.8, 4) is 0 Å². The maximum Gasteiger partial charge on any atom is 0.0945 e. The Balaban J connectivity index is 1.81. The first-order valence-corrected chi connectivity index (χ1v) is 6.85. The number of rotatable bonds is 6. The second-order valence-corrected chi connectivity index (χ2v) is 5.61. The molecule has 1 heterocycles. The number of aryl methyl sites for hydroxylation is 2. The van der Waals surface area contributed by atoms with E-state index in [1.807, 2.05) is 42.0 Å². The van der Waals surface area contributed by atoms with Crippen LogP contribution >= 0.6 is 11.6 Å². The van der Waals surface area contributed by atoms with Crippen LogP contribution in [-0.2, 0) is 13.0 Å². The molecule has 102 valence electrons. The molecule has 1 N–H and O–H groups in total. The molecule has 0 aliphatic heterocycles. The zero-order valence-electron chi connectivity index (χ0n) is 11.1. The van der Waals surface area contributed by atoms with Crippen molar-refractivity contribution in [3.05, 3.63) is 53.6 Å². The Morgan fingerprint density at radius 3 is 2.63 bits per heavy atom. The molecular formula is C15H19ClN2O. The van der Waals surface area contributed by atoms with Crippen molar-refractivity contribution in [2.45, 2.75) is 38.3 Å². The summed E-state index contributed by atoms with van der Waals surface area (Å²) in [5.74, 6) is 0. The van der Waals surface area contributed by atoms with Crippen molar-refractivity contribution in [1.82, 2.24) is 9.55 Å². The Bertz CT molecular complexity index is 491. The van der Waals surface area contributed by atoms with Gasteiger partial charge in [0.25, 0.3) is 0 Å². The van der Waals surface area contributed by atoms with Crippen molar-refractivity contribution < 1.29 is 5.11 Å². The predicted octanol–water partition coefficient (Wildman–Crippen LogP) is 3.31. The number of benzene rings is 1. The van der Waals surface area contributed by atoms with Gasteiger partial charge in [0.15, 0.2) is 0 Å². The largest absolute Gasteiger partial charge is 0.390 e. The third kappa shape index (κ3) is 4.69. The number of hydrogen-bond acceptors (Lipinski definition) is 2. The van der Waals surface area contributed by atoms with Gasteiger partial charge in [0.1, 0.15) is 0 Å². The lowest BCUT2D eigenvalue weighted by molar-refractivity contribution is 0.0379. The average Bonchev–Trinajstić information content (AvgIpc) is 2.89. The van der Waals surface area contributed by atoms with Crippen LogP contribution in [0.4, 0.5) is 0 Å². The number of halogens is 1. The fourth-order valence-corrected chi connectivity index (χ4v) is 2.10. The minimum absolute atomic E-state index is 0.663. The first-order chi connectivity index (χ1) is 9.05. The zero-order chi connectivity index (χ0) is 13.7. The summed E-state index contributed by atoms with van der Waals surface area (Å²) in [6.07, 6.45) is 7.75. The molecule has 0 saturated heterocycles. The maximum atomic E-state index is 10.4. The van der Waals surface area contributed by atoms with E-state index in [0.29, 0.717) is 0 Å². The number of aliphatic hydroxyl groups is 1. The molecule has 0 spiro atoms. The SMILES string of the molecule is CC(O)(CCc1ccc(Cl)cc1)CCn1ccnc1. The normalized spacial score (nSPS) is 14.3. The highest BCUT2D eigenvalue weighted by Crippen LogP contribution is 2.19. The Kier molecular flexibility index (Phi) is 4.61. The van der Waals surface area contributed by atoms with Gasteiger partial charge < -0.3 is 9.67 Å². The molecule has 0 amide bonds. The third-order valence-corrected chi connectivity index (χ3v) is 3.59. The van der Waals surface area contributed by atoms with Gasteiger partial charge in [0.05, 0.1) is 11.9 Å². The van der Waals surface area contributed by atoms with E-state index >= 15 is 0 Å². The van der Waals surface area contributed by atoms with Crippen LogP contribution < -0.4 is 0 Å². The minimum atomic E-state index is -0.663. The summed E-state index contributed by atoms with van der Waals surface area (Å²) in [7, 11) is 0. The quantitative estimate of drug-likeness (QED) is 0.880. The summed E-state index contributed by atoms with van der Waals surface area (Å²) in [6.45, 7) is 2.67. The second-order valence-electron chi connectivity index (χ2n) is 5.17. The van der Waals surface area contributed by atoms with E-state index in [1.54, 1.807) is 12.5 Å². The fraction of sp³-hybridized carbons (Fsp3) is 0.400. The van der Waals surface area contributed by atoms with Crippen LogP contribution in [0.2, 0.25) is 5.02 Å². The number of nitrogens with zero attached hydrogens (tertiary/aromatic N) is 2. The molecule has 1 aromatic heterocycles. The molecule has 3 nitrogen and oxygen atoms in total. The van der Waals surface area contributed by atoms with Crippen LogP contribution in [0.3, 0.4) is 0 Å². The van der Waals surface area contributed by atoms with E-state index in [-0.39, 0.29) is 0 Å². The van der Waals surface area contributed by atoms with Crippen molar-refractivity contribution in [2.75, 3.05) is 0 Å². The van der Waals surface area contributed by atoms with E-state index in [1.165, 1.54) is 5.56 Å². The molecule has 0 saturated carbocycles. The van der Waals surface area contributed by atoms with Gasteiger partial charge in [-0.3, -0.25) is 0 Å². The fourth-order valence-electron chi connectivity index (χ4n) is 1.98. The lowest BCUT2D eigenvalue weighted by atomic mass is 9.93. The standard InChI is InChI=1S/C15H19ClN2O/c1-15(19,8-10-18-11-9-17-12-18)7-6-13-2-4-14(16)5-3-13/h2-5,9,11-12,19H,6-8,10H2,1H3. The van der Waals surface area contributed by atoms with E-state index in [0.717, 1.165) is 30.8 Å². The van der Waals surface area contributed by atoms with Crippen LogP contribution in [0.15, 0.2) is 43.0 Å². The minimum Gasteiger partial charge on any atom is -0.390 e. The van der Waals surface area contributed by atoms with Crippen LogP contribution in [0, 0.1) is 0 Å². The van der Waals surface area contributed by atoms with Gasteiger partial charge in [0.2, 0.25) is 0 Å². The summed E-state index contributed by atoms with van der Waals surface area (Å²) in [6, 6.07) is 7.79. The molecule has 0 fully saturated rings. The molecular weight excluding hydrogens is 260 g/mol. The highest BCUT2D eigenvalue weighted by molar-refractivity contribution is 6.30. The van der Waals surface area contributed by atoms with Crippen molar-refractivity contribution in [3.63, 3.8) is 0 Å². The number of imidazole rings is 1. The Hall–Kier alpha value is -1.32. The molecule has 0 aliphatic rings. The molecule has 2 aromatic rings. The maximum absolute atomic E-state index is 10.4. The highest BCUT2D eigenvalue weighted by atomic mass is 35.5. The third-order valence-electron chi connectivity index (χ3n) is 3.33. The number of aromatic nitrogens is 2. The van der Waals surface area contributed by atoms with Crippen LogP contribution in [-0.4, -0.2) is 20.3 Å². The topological polar surface area (TPSA) is 38.0 Å². The first-order valence-electron chi connectivity index (χ1n) is 6.48. The summed E-state index contributed by atoms with van der Waals surface area (Å²) >= 11 is 5.85. The second kappa shape index (κ2) is 6.22. The van der Waals surface area contributed by atoms with Gasteiger partial charge in [-0.05, 0) is 43.9 Å². The molecule has 1 unspecified atom stereocenters. The molecule has 4 heteroatoms. The summed E-state index contributed by atoms with van der Waals surface area (Å²) < 4.78 is 1.98. The summed E-state index contributed by atoms with van der Waals surface area (Å²) in [5.41, 5.74) is 0.538. The number of hydrogen-bond donors (Lipinski definition) is 1. The summed E-state index contributed by atoms with van der Waals surface area (Å²) in [4.78, 5) is 3.99. The molecule has 1 atom stereocenters. The van der Waals surface area contributed by atoms with Crippen LogP contribution in [0.5, 0.6) is 0 Å². The van der Waals surface area contributed by atoms with Gasteiger partial charge in [-0.15, -0.1) is 0 Å². The Morgan fingerprint density at radius 1 is 1.26 bits per heavy atom. The predicted molar refractivity (Wildman–Crippen MR) is 77.2 cm³/mol. The van der Waals surface area contributed by atoms with E-state index in [2.05, 4.69) is 4.98 Å². The van der Waals surface area contributed by atoms with E-state index in [4.69, 9.17) is 11.6 Å². The van der Waals surface area contributed by atoms with Gasteiger partial charge in [0, 0.05) is 24.0 Å². The molecule has 0 radical (unpaired) electrons. The molecule has 1 aromatic carbocycles. The van der Waals surface area contributed by atoms with Crippen molar-refractivity contribution >= 4 is 11.6 Å². The van der Waals surface area contributed by atoms with Gasteiger partial charge in [-0.1, -0.05) is 23.7 Å². The first kappa shape index (κ1) is 14.1. The smallest absolute Gasteiger partial charge is 0.0945 e.